The molecule has 0 amide bonds. The Bertz CT molecular complexity index is 1120. The van der Waals surface area contributed by atoms with E-state index in [1.165, 1.54) is 0 Å². The first kappa shape index (κ1) is 15.7. The van der Waals surface area contributed by atoms with Crippen molar-refractivity contribution in [1.82, 2.24) is 9.97 Å². The first-order chi connectivity index (χ1) is 12.1. The van der Waals surface area contributed by atoms with Gasteiger partial charge in [0.1, 0.15) is 5.75 Å². The van der Waals surface area contributed by atoms with Crippen LogP contribution < -0.4 is 5.43 Å². The van der Waals surface area contributed by atoms with Crippen molar-refractivity contribution in [3.8, 4) is 5.75 Å². The van der Waals surface area contributed by atoms with Crippen LogP contribution in [0, 0.1) is 6.92 Å². The normalized spacial score (nSPS) is 11.6. The molecule has 0 atom stereocenters. The highest BCUT2D eigenvalue weighted by Crippen LogP contribution is 2.28. The van der Waals surface area contributed by atoms with Crippen molar-refractivity contribution in [3.05, 3.63) is 64.1 Å². The highest BCUT2D eigenvalue weighted by Gasteiger charge is 2.06. The molecule has 3 aromatic carbocycles. The number of halogens is 1. The van der Waals surface area contributed by atoms with E-state index in [1.54, 1.807) is 12.3 Å². The molecule has 25 heavy (non-hydrogen) atoms. The number of aromatic nitrogens is 2. The van der Waals surface area contributed by atoms with E-state index < -0.39 is 0 Å². The van der Waals surface area contributed by atoms with Gasteiger partial charge in [-0.2, -0.15) is 5.10 Å². The predicted octanol–water partition coefficient (Wildman–Crippen LogP) is 4.94. The number of nitrogens with zero attached hydrogens (tertiary/aromatic N) is 2. The molecule has 4 aromatic rings. The number of phenols is 1. The molecule has 0 saturated carbocycles. The van der Waals surface area contributed by atoms with Gasteiger partial charge in [0.25, 0.3) is 0 Å². The molecular weight excluding hydrogens is 380 g/mol. The van der Waals surface area contributed by atoms with Crippen LogP contribution in [-0.4, -0.2) is 21.3 Å². The molecular formula is C19H15BrN4O. The Labute approximate surface area is 152 Å². The number of aromatic amines is 1. The van der Waals surface area contributed by atoms with Gasteiger partial charge in [-0.05, 0) is 53.6 Å². The number of nitrogens with one attached hydrogen (secondary N) is 2. The maximum absolute atomic E-state index is 10.2. The fourth-order valence-corrected chi connectivity index (χ4v) is 3.16. The van der Waals surface area contributed by atoms with Gasteiger partial charge in [0.15, 0.2) is 0 Å². The SMILES string of the molecule is Cc1ccc2nc(N/N=C\c3c(O)ccc4cc(Br)ccc34)[nH]c2c1. The molecule has 0 radical (unpaired) electrons. The van der Waals surface area contributed by atoms with Gasteiger partial charge < -0.3 is 10.1 Å². The first-order valence-electron chi connectivity index (χ1n) is 7.77. The fourth-order valence-electron chi connectivity index (χ4n) is 2.78. The van der Waals surface area contributed by atoms with Gasteiger partial charge in [-0.1, -0.05) is 34.1 Å². The summed E-state index contributed by atoms with van der Waals surface area (Å²) < 4.78 is 0.990. The Morgan fingerprint density at radius 3 is 2.92 bits per heavy atom. The molecule has 1 aromatic heterocycles. The van der Waals surface area contributed by atoms with E-state index in [-0.39, 0.29) is 5.75 Å². The number of benzene rings is 3. The topological polar surface area (TPSA) is 73.3 Å². The van der Waals surface area contributed by atoms with Crippen molar-refractivity contribution in [2.45, 2.75) is 6.92 Å². The second-order valence-corrected chi connectivity index (χ2v) is 6.76. The molecule has 3 N–H and O–H groups in total. The summed E-state index contributed by atoms with van der Waals surface area (Å²) in [6.45, 7) is 2.03. The number of phenolic OH excluding ortho intramolecular Hbond substituents is 1. The molecule has 0 spiro atoms. The third-order valence-electron chi connectivity index (χ3n) is 4.00. The summed E-state index contributed by atoms with van der Waals surface area (Å²) in [6, 6.07) is 15.4. The third-order valence-corrected chi connectivity index (χ3v) is 4.50. The number of H-pyrrole nitrogens is 1. The van der Waals surface area contributed by atoms with Gasteiger partial charge in [-0.15, -0.1) is 0 Å². The van der Waals surface area contributed by atoms with E-state index in [1.807, 2.05) is 49.4 Å². The van der Waals surface area contributed by atoms with Crippen LogP contribution in [-0.2, 0) is 0 Å². The van der Waals surface area contributed by atoms with Gasteiger partial charge in [0, 0.05) is 10.0 Å². The maximum Gasteiger partial charge on any atom is 0.222 e. The number of aromatic hydroxyl groups is 1. The molecule has 0 aliphatic rings. The Balaban J connectivity index is 1.65. The lowest BCUT2D eigenvalue weighted by Gasteiger charge is -2.05. The van der Waals surface area contributed by atoms with Gasteiger partial charge in [0.05, 0.1) is 17.2 Å². The molecule has 4 rings (SSSR count). The van der Waals surface area contributed by atoms with Crippen LogP contribution in [0.4, 0.5) is 5.95 Å². The molecule has 5 nitrogen and oxygen atoms in total. The van der Waals surface area contributed by atoms with E-state index in [0.29, 0.717) is 11.5 Å². The van der Waals surface area contributed by atoms with Crippen LogP contribution in [0.2, 0.25) is 0 Å². The van der Waals surface area contributed by atoms with Crippen LogP contribution in [0.3, 0.4) is 0 Å². The van der Waals surface area contributed by atoms with Gasteiger partial charge >= 0.3 is 0 Å². The minimum Gasteiger partial charge on any atom is -0.507 e. The van der Waals surface area contributed by atoms with Crippen molar-refractivity contribution in [3.63, 3.8) is 0 Å². The van der Waals surface area contributed by atoms with E-state index in [2.05, 4.69) is 36.4 Å². The number of hydrogen-bond donors (Lipinski definition) is 3. The third kappa shape index (κ3) is 3.08. The standard InChI is InChI=1S/C19H15BrN4O/c1-11-2-6-16-17(8-11)23-19(22-16)24-21-10-15-14-5-4-13(20)9-12(14)3-7-18(15)25/h2-10,25H,1H3,(H2,22,23,24)/b21-10-. The van der Waals surface area contributed by atoms with Crippen molar-refractivity contribution >= 4 is 49.9 Å². The maximum atomic E-state index is 10.2. The minimum atomic E-state index is 0.181. The average Bonchev–Trinajstić information content (AvgIpc) is 2.98. The number of imidazole rings is 1. The van der Waals surface area contributed by atoms with Gasteiger partial charge in [-0.25, -0.2) is 10.4 Å². The molecule has 6 heteroatoms. The second-order valence-electron chi connectivity index (χ2n) is 5.84. The van der Waals surface area contributed by atoms with Crippen molar-refractivity contribution in [2.24, 2.45) is 5.10 Å². The van der Waals surface area contributed by atoms with Crippen LogP contribution in [0.1, 0.15) is 11.1 Å². The summed E-state index contributed by atoms with van der Waals surface area (Å²) in [5, 5.41) is 16.3. The molecule has 0 aliphatic heterocycles. The molecule has 0 unspecified atom stereocenters. The first-order valence-corrected chi connectivity index (χ1v) is 8.56. The van der Waals surface area contributed by atoms with Crippen LogP contribution in [0.15, 0.2) is 58.1 Å². The number of hydrazone groups is 1. The summed E-state index contributed by atoms with van der Waals surface area (Å²) >= 11 is 3.46. The molecule has 124 valence electrons. The Morgan fingerprint density at radius 2 is 2.04 bits per heavy atom. The summed E-state index contributed by atoms with van der Waals surface area (Å²) in [7, 11) is 0. The number of anilines is 1. The second kappa shape index (κ2) is 6.22. The minimum absolute atomic E-state index is 0.181. The van der Waals surface area contributed by atoms with Gasteiger partial charge in [-0.3, -0.25) is 0 Å². The summed E-state index contributed by atoms with van der Waals surface area (Å²) in [4.78, 5) is 7.61. The summed E-state index contributed by atoms with van der Waals surface area (Å²) in [6.07, 6.45) is 1.60. The lowest BCUT2D eigenvalue weighted by molar-refractivity contribution is 0.475. The molecule has 0 fully saturated rings. The van der Waals surface area contributed by atoms with Gasteiger partial charge in [0.2, 0.25) is 5.95 Å². The van der Waals surface area contributed by atoms with Crippen molar-refractivity contribution in [1.29, 1.82) is 0 Å². The highest BCUT2D eigenvalue weighted by molar-refractivity contribution is 9.10. The van der Waals surface area contributed by atoms with E-state index >= 15 is 0 Å². The zero-order chi connectivity index (χ0) is 17.4. The zero-order valence-electron chi connectivity index (χ0n) is 13.4. The molecule has 0 aliphatic carbocycles. The molecule has 1 heterocycles. The average molecular weight is 395 g/mol. The van der Waals surface area contributed by atoms with Crippen LogP contribution in [0.5, 0.6) is 5.75 Å². The lowest BCUT2D eigenvalue weighted by Crippen LogP contribution is -1.93. The van der Waals surface area contributed by atoms with E-state index in [9.17, 15) is 5.11 Å². The zero-order valence-corrected chi connectivity index (χ0v) is 15.0. The fraction of sp³-hybridized carbons (Fsp3) is 0.0526. The van der Waals surface area contributed by atoms with Crippen LogP contribution in [0.25, 0.3) is 21.8 Å². The largest absolute Gasteiger partial charge is 0.507 e. The lowest BCUT2D eigenvalue weighted by atomic mass is 10.0. The number of fused-ring (bicyclic) bond motifs is 2. The Kier molecular flexibility index (Phi) is 3.89. The number of aryl methyl sites for hydroxylation is 1. The summed E-state index contributed by atoms with van der Waals surface area (Å²) in [5.74, 6) is 0.736. The highest BCUT2D eigenvalue weighted by atomic mass is 79.9. The van der Waals surface area contributed by atoms with Crippen LogP contribution >= 0.6 is 15.9 Å². The molecule has 0 bridgehead atoms. The number of rotatable bonds is 3. The van der Waals surface area contributed by atoms with E-state index in [0.717, 1.165) is 31.8 Å². The monoisotopic (exact) mass is 394 g/mol. The quantitative estimate of drug-likeness (QED) is 0.340. The number of hydrogen-bond acceptors (Lipinski definition) is 4. The Morgan fingerprint density at radius 1 is 1.16 bits per heavy atom. The van der Waals surface area contributed by atoms with Crippen molar-refractivity contribution in [2.75, 3.05) is 5.43 Å². The van der Waals surface area contributed by atoms with Crippen molar-refractivity contribution < 1.29 is 5.11 Å². The molecule has 0 saturated heterocycles. The summed E-state index contributed by atoms with van der Waals surface area (Å²) in [5.41, 5.74) is 6.54. The predicted molar refractivity (Wildman–Crippen MR) is 105 cm³/mol. The smallest absolute Gasteiger partial charge is 0.222 e. The van der Waals surface area contributed by atoms with E-state index in [4.69, 9.17) is 0 Å². The Hall–Kier alpha value is -2.86.